The van der Waals surface area contributed by atoms with E-state index in [4.69, 9.17) is 18.6 Å². The molecule has 1 aromatic heterocycles. The molecule has 0 radical (unpaired) electrons. The van der Waals surface area contributed by atoms with Gasteiger partial charge in [-0.15, -0.1) is 0 Å². The zero-order valence-corrected chi connectivity index (χ0v) is 21.7. The molecular weight excluding hydrogens is 484 g/mol. The predicted molar refractivity (Wildman–Crippen MR) is 142 cm³/mol. The fourth-order valence-corrected chi connectivity index (χ4v) is 5.66. The SMILES string of the molecule is COc1cc([C@@H]2C3=C(C[C@@H](c4ccco4)CC3=O)Nc3ccccc3N2C(=O)C2CC2)cc(OC)c1OC. The molecule has 1 fully saturated rings. The quantitative estimate of drug-likeness (QED) is 0.457. The van der Waals surface area contributed by atoms with E-state index in [0.29, 0.717) is 34.8 Å². The molecule has 2 heterocycles. The molecule has 0 unspecified atom stereocenters. The molecule has 8 heteroatoms. The third-order valence-corrected chi connectivity index (χ3v) is 7.60. The van der Waals surface area contributed by atoms with E-state index in [1.807, 2.05) is 48.5 Å². The molecule has 3 aliphatic rings. The number of carbonyl (C=O) groups is 2. The number of furan rings is 1. The van der Waals surface area contributed by atoms with Crippen molar-refractivity contribution in [3.63, 3.8) is 0 Å². The second kappa shape index (κ2) is 9.59. The van der Waals surface area contributed by atoms with Gasteiger partial charge in [-0.25, -0.2) is 0 Å². The van der Waals surface area contributed by atoms with Crippen LogP contribution in [0, 0.1) is 5.92 Å². The highest BCUT2D eigenvalue weighted by atomic mass is 16.5. The summed E-state index contributed by atoms with van der Waals surface area (Å²) in [5.74, 6) is 1.97. The fraction of sp³-hybridized carbons (Fsp3) is 0.333. The molecule has 3 aromatic rings. The molecule has 1 aliphatic heterocycles. The van der Waals surface area contributed by atoms with Gasteiger partial charge in [-0.1, -0.05) is 12.1 Å². The highest BCUT2D eigenvalue weighted by Crippen LogP contribution is 2.51. The molecule has 1 saturated carbocycles. The Balaban J connectivity index is 1.59. The van der Waals surface area contributed by atoms with Crippen molar-refractivity contribution in [2.45, 2.75) is 37.6 Å². The standard InChI is InChI=1S/C30H30N2O6/c1-35-25-15-19(16-26(36-2)29(25)37-3)28-27-21(13-18(14-23(27)33)24-9-6-12-38-24)31-20-7-4-5-8-22(20)32(28)30(34)17-10-11-17/h4-9,12,15-18,28,31H,10-11,13-14H2,1-3H3/t18-,28-/m1/s1. The summed E-state index contributed by atoms with van der Waals surface area (Å²) in [6, 6.07) is 14.5. The molecule has 1 amide bonds. The first-order chi connectivity index (χ1) is 18.5. The van der Waals surface area contributed by atoms with Gasteiger partial charge in [0, 0.05) is 29.5 Å². The Labute approximate surface area is 221 Å². The minimum atomic E-state index is -0.673. The molecule has 0 spiro atoms. The summed E-state index contributed by atoms with van der Waals surface area (Å²) in [5.41, 5.74) is 3.60. The van der Waals surface area contributed by atoms with Gasteiger partial charge in [-0.3, -0.25) is 14.5 Å². The van der Waals surface area contributed by atoms with Gasteiger partial charge in [0.25, 0.3) is 0 Å². The van der Waals surface area contributed by atoms with Crippen LogP contribution in [0.1, 0.15) is 49.0 Å². The van der Waals surface area contributed by atoms with Crippen molar-refractivity contribution in [3.05, 3.63) is 77.4 Å². The molecule has 1 N–H and O–H groups in total. The number of Topliss-reactive ketones (excluding diaryl/α,β-unsaturated/α-hetero) is 1. The van der Waals surface area contributed by atoms with Crippen molar-refractivity contribution in [1.29, 1.82) is 0 Å². The Bertz CT molecular complexity index is 1400. The van der Waals surface area contributed by atoms with Crippen LogP contribution in [0.25, 0.3) is 0 Å². The number of nitrogens with one attached hydrogen (secondary N) is 1. The lowest BCUT2D eigenvalue weighted by Gasteiger charge is -2.35. The average Bonchev–Trinajstić information content (AvgIpc) is 3.67. The molecule has 38 heavy (non-hydrogen) atoms. The largest absolute Gasteiger partial charge is 0.493 e. The van der Waals surface area contributed by atoms with E-state index in [9.17, 15) is 9.59 Å². The lowest BCUT2D eigenvalue weighted by molar-refractivity contribution is -0.120. The first-order valence-corrected chi connectivity index (χ1v) is 12.8. The monoisotopic (exact) mass is 514 g/mol. The lowest BCUT2D eigenvalue weighted by Crippen LogP contribution is -2.39. The topological polar surface area (TPSA) is 90.2 Å². The number of allylic oxidation sites excluding steroid dienone is 1. The van der Waals surface area contributed by atoms with Crippen LogP contribution in [-0.4, -0.2) is 33.0 Å². The number of para-hydroxylation sites is 2. The summed E-state index contributed by atoms with van der Waals surface area (Å²) < 4.78 is 22.6. The second-order valence-corrected chi connectivity index (χ2v) is 9.92. The number of benzene rings is 2. The first kappa shape index (κ1) is 24.2. The van der Waals surface area contributed by atoms with Crippen LogP contribution < -0.4 is 24.4 Å². The number of ketones is 1. The minimum Gasteiger partial charge on any atom is -0.493 e. The van der Waals surface area contributed by atoms with E-state index in [2.05, 4.69) is 5.32 Å². The van der Waals surface area contributed by atoms with Gasteiger partial charge < -0.3 is 23.9 Å². The fourth-order valence-electron chi connectivity index (χ4n) is 5.66. The Morgan fingerprint density at radius 3 is 2.34 bits per heavy atom. The highest BCUT2D eigenvalue weighted by Gasteiger charge is 2.45. The van der Waals surface area contributed by atoms with E-state index in [1.54, 1.807) is 32.5 Å². The van der Waals surface area contributed by atoms with Crippen LogP contribution in [-0.2, 0) is 9.59 Å². The Morgan fingerprint density at radius 1 is 0.974 bits per heavy atom. The minimum absolute atomic E-state index is 0.00714. The highest BCUT2D eigenvalue weighted by molar-refractivity contribution is 6.07. The van der Waals surface area contributed by atoms with Crippen molar-refractivity contribution in [1.82, 2.24) is 0 Å². The number of amides is 1. The van der Waals surface area contributed by atoms with Gasteiger partial charge in [0.15, 0.2) is 17.3 Å². The summed E-state index contributed by atoms with van der Waals surface area (Å²) in [7, 11) is 4.67. The smallest absolute Gasteiger partial charge is 0.231 e. The summed E-state index contributed by atoms with van der Waals surface area (Å²) in [6.45, 7) is 0. The second-order valence-electron chi connectivity index (χ2n) is 9.92. The molecular formula is C30H30N2O6. The summed E-state index contributed by atoms with van der Waals surface area (Å²) >= 11 is 0. The van der Waals surface area contributed by atoms with Crippen molar-refractivity contribution in [2.24, 2.45) is 5.92 Å². The predicted octanol–water partition coefficient (Wildman–Crippen LogP) is 5.62. The molecule has 6 rings (SSSR count). The van der Waals surface area contributed by atoms with Crippen molar-refractivity contribution < 1.29 is 28.2 Å². The zero-order chi connectivity index (χ0) is 26.4. The van der Waals surface area contributed by atoms with Crippen molar-refractivity contribution in [2.75, 3.05) is 31.5 Å². The Kier molecular flexibility index (Phi) is 6.10. The van der Waals surface area contributed by atoms with Crippen LogP contribution in [0.3, 0.4) is 0 Å². The number of carbonyl (C=O) groups excluding carboxylic acids is 2. The van der Waals surface area contributed by atoms with E-state index in [-0.39, 0.29) is 29.9 Å². The van der Waals surface area contributed by atoms with Crippen LogP contribution >= 0.6 is 0 Å². The Morgan fingerprint density at radius 2 is 1.71 bits per heavy atom. The van der Waals surface area contributed by atoms with Gasteiger partial charge in [0.05, 0.1) is 45.0 Å². The van der Waals surface area contributed by atoms with Crippen molar-refractivity contribution in [3.8, 4) is 17.2 Å². The number of nitrogens with zero attached hydrogens (tertiary/aromatic N) is 1. The van der Waals surface area contributed by atoms with E-state index in [0.717, 1.165) is 35.7 Å². The maximum atomic E-state index is 14.0. The summed E-state index contributed by atoms with van der Waals surface area (Å²) in [4.78, 5) is 29.8. The average molecular weight is 515 g/mol. The van der Waals surface area contributed by atoms with Gasteiger partial charge in [-0.05, 0) is 61.2 Å². The number of fused-ring (bicyclic) bond motifs is 1. The normalized spacial score (nSPS) is 20.7. The first-order valence-electron chi connectivity index (χ1n) is 12.8. The molecule has 2 aromatic carbocycles. The van der Waals surface area contributed by atoms with E-state index < -0.39 is 6.04 Å². The van der Waals surface area contributed by atoms with Crippen molar-refractivity contribution >= 4 is 23.1 Å². The molecule has 196 valence electrons. The molecule has 0 saturated heterocycles. The summed E-state index contributed by atoms with van der Waals surface area (Å²) in [6.07, 6.45) is 4.18. The maximum absolute atomic E-state index is 14.0. The third kappa shape index (κ3) is 4.00. The molecule has 2 atom stereocenters. The molecule has 0 bridgehead atoms. The van der Waals surface area contributed by atoms with Crippen LogP contribution in [0.5, 0.6) is 17.2 Å². The van der Waals surface area contributed by atoms with Crippen LogP contribution in [0.4, 0.5) is 11.4 Å². The van der Waals surface area contributed by atoms with Gasteiger partial charge in [0.2, 0.25) is 11.7 Å². The lowest BCUT2D eigenvalue weighted by atomic mass is 9.80. The third-order valence-electron chi connectivity index (χ3n) is 7.60. The molecule has 8 nitrogen and oxygen atoms in total. The van der Waals surface area contributed by atoms with E-state index >= 15 is 0 Å². The molecule has 2 aliphatic carbocycles. The maximum Gasteiger partial charge on any atom is 0.231 e. The summed E-state index contributed by atoms with van der Waals surface area (Å²) in [5, 5.41) is 3.54. The van der Waals surface area contributed by atoms with E-state index in [1.165, 1.54) is 0 Å². The number of ether oxygens (including phenoxy) is 3. The van der Waals surface area contributed by atoms with Gasteiger partial charge >= 0.3 is 0 Å². The number of hydrogen-bond donors (Lipinski definition) is 1. The number of anilines is 2. The van der Waals surface area contributed by atoms with Gasteiger partial charge in [-0.2, -0.15) is 0 Å². The van der Waals surface area contributed by atoms with Crippen LogP contribution in [0.2, 0.25) is 0 Å². The number of rotatable bonds is 6. The number of methoxy groups -OCH3 is 3. The number of hydrogen-bond acceptors (Lipinski definition) is 7. The van der Waals surface area contributed by atoms with Gasteiger partial charge in [0.1, 0.15) is 5.76 Å². The Hall–Kier alpha value is -4.20. The zero-order valence-electron chi connectivity index (χ0n) is 21.7. The van der Waals surface area contributed by atoms with Crippen LogP contribution in [0.15, 0.2) is 70.5 Å².